The molecule has 0 aliphatic carbocycles. The number of rotatable bonds is 5. The lowest BCUT2D eigenvalue weighted by Crippen LogP contribution is -2.11. The van der Waals surface area contributed by atoms with Crippen molar-refractivity contribution in [3.8, 4) is 0 Å². The van der Waals surface area contributed by atoms with E-state index in [-0.39, 0.29) is 12.3 Å². The molecule has 8 nitrogen and oxygen atoms in total. The summed E-state index contributed by atoms with van der Waals surface area (Å²) in [4.78, 5) is 11.7. The first kappa shape index (κ1) is 13.9. The van der Waals surface area contributed by atoms with Crippen LogP contribution >= 0.6 is 0 Å². The monoisotopic (exact) mass is 276 g/mol. The molecule has 0 radical (unpaired) electrons. The first-order valence-corrected chi connectivity index (χ1v) is 6.07. The molecule has 106 valence electrons. The molecule has 0 amide bonds. The van der Waals surface area contributed by atoms with Crippen LogP contribution < -0.4 is 0 Å². The highest BCUT2D eigenvalue weighted by atomic mass is 16.5. The molecule has 0 aliphatic heterocycles. The van der Waals surface area contributed by atoms with Crippen LogP contribution in [0.15, 0.2) is 12.7 Å². The predicted octanol–water partition coefficient (Wildman–Crippen LogP) is 0.415. The third-order valence-corrected chi connectivity index (χ3v) is 2.98. The molecule has 0 unspecified atom stereocenters. The average Bonchev–Trinajstić information content (AvgIpc) is 2.94. The van der Waals surface area contributed by atoms with Crippen molar-refractivity contribution in [2.45, 2.75) is 20.4 Å². The van der Waals surface area contributed by atoms with Crippen molar-refractivity contribution in [1.29, 1.82) is 0 Å². The molecule has 2 aromatic rings. The molecular weight excluding hydrogens is 260 g/mol. The Bertz CT molecular complexity index is 642. The lowest BCUT2D eigenvalue weighted by Gasteiger charge is -2.04. The van der Waals surface area contributed by atoms with E-state index in [0.717, 1.165) is 11.6 Å². The topological polar surface area (TPSA) is 87.7 Å². The van der Waals surface area contributed by atoms with Crippen LogP contribution in [0.3, 0.4) is 0 Å². The molecule has 0 aromatic carbocycles. The molecule has 2 rings (SSSR count). The van der Waals surface area contributed by atoms with Crippen LogP contribution in [0.25, 0.3) is 0 Å². The Morgan fingerprint density at radius 1 is 1.35 bits per heavy atom. The molecule has 0 spiro atoms. The molecular formula is C12H16N6O2. The van der Waals surface area contributed by atoms with Gasteiger partial charge in [0.05, 0.1) is 5.69 Å². The molecule has 0 N–H and O–H groups in total. The molecule has 0 saturated carbocycles. The summed E-state index contributed by atoms with van der Waals surface area (Å²) in [5.41, 5.74) is 0.824. The first-order valence-electron chi connectivity index (χ1n) is 6.07. The quantitative estimate of drug-likeness (QED) is 0.580. The number of nitrogens with zero attached hydrogens (tertiary/aromatic N) is 6. The number of aryl methyl sites for hydroxylation is 1. The zero-order chi connectivity index (χ0) is 14.7. The summed E-state index contributed by atoms with van der Waals surface area (Å²) >= 11 is 0. The Labute approximate surface area is 116 Å². The maximum Gasteiger partial charge on any atom is 0.361 e. The SMILES string of the molecule is C=CCOC(=O)c1nnn(Cc2nnc(C)n2C)c1C. The van der Waals surface area contributed by atoms with E-state index in [1.165, 1.54) is 6.08 Å². The number of carbonyl (C=O) groups is 1. The molecule has 8 heteroatoms. The second-order valence-electron chi connectivity index (χ2n) is 4.29. The van der Waals surface area contributed by atoms with Crippen LogP contribution in [-0.4, -0.2) is 42.3 Å². The van der Waals surface area contributed by atoms with E-state index in [9.17, 15) is 4.79 Å². The summed E-state index contributed by atoms with van der Waals surface area (Å²) in [6, 6.07) is 0. The fourth-order valence-electron chi connectivity index (χ4n) is 1.62. The number of hydrogen-bond acceptors (Lipinski definition) is 6. The number of ether oxygens (including phenoxy) is 1. The Hall–Kier alpha value is -2.51. The van der Waals surface area contributed by atoms with Crippen LogP contribution in [0.4, 0.5) is 0 Å². The van der Waals surface area contributed by atoms with Crippen molar-refractivity contribution >= 4 is 5.97 Å². The highest BCUT2D eigenvalue weighted by Gasteiger charge is 2.18. The number of aromatic nitrogens is 6. The van der Waals surface area contributed by atoms with Gasteiger partial charge in [-0.25, -0.2) is 9.48 Å². The Kier molecular flexibility index (Phi) is 3.92. The highest BCUT2D eigenvalue weighted by Crippen LogP contribution is 2.08. The lowest BCUT2D eigenvalue weighted by molar-refractivity contribution is 0.0542. The fourth-order valence-corrected chi connectivity index (χ4v) is 1.62. The summed E-state index contributed by atoms with van der Waals surface area (Å²) in [6.45, 7) is 7.65. The van der Waals surface area contributed by atoms with Crippen LogP contribution in [0, 0.1) is 13.8 Å². The van der Waals surface area contributed by atoms with Crippen LogP contribution in [0.2, 0.25) is 0 Å². The second kappa shape index (κ2) is 5.64. The van der Waals surface area contributed by atoms with Crippen molar-refractivity contribution in [1.82, 2.24) is 29.8 Å². The minimum Gasteiger partial charge on any atom is -0.457 e. The molecule has 0 aliphatic rings. The third-order valence-electron chi connectivity index (χ3n) is 2.98. The second-order valence-corrected chi connectivity index (χ2v) is 4.29. The molecule has 0 atom stereocenters. The first-order chi connectivity index (χ1) is 9.54. The zero-order valence-corrected chi connectivity index (χ0v) is 11.7. The van der Waals surface area contributed by atoms with Crippen molar-refractivity contribution < 1.29 is 9.53 Å². The van der Waals surface area contributed by atoms with Gasteiger partial charge in [0, 0.05) is 7.05 Å². The minimum atomic E-state index is -0.511. The molecule has 2 aromatic heterocycles. The van der Waals surface area contributed by atoms with Crippen LogP contribution in [0.1, 0.15) is 27.8 Å². The van der Waals surface area contributed by atoms with E-state index < -0.39 is 5.97 Å². The van der Waals surface area contributed by atoms with E-state index in [0.29, 0.717) is 12.2 Å². The van der Waals surface area contributed by atoms with Crippen LogP contribution in [0.5, 0.6) is 0 Å². The predicted molar refractivity (Wildman–Crippen MR) is 70.1 cm³/mol. The fraction of sp³-hybridized carbons (Fsp3) is 0.417. The van der Waals surface area contributed by atoms with Gasteiger partial charge in [-0.15, -0.1) is 15.3 Å². The van der Waals surface area contributed by atoms with Crippen LogP contribution in [-0.2, 0) is 18.3 Å². The van der Waals surface area contributed by atoms with Gasteiger partial charge in [0.15, 0.2) is 11.5 Å². The van der Waals surface area contributed by atoms with Gasteiger partial charge in [-0.1, -0.05) is 17.9 Å². The molecule has 2 heterocycles. The summed E-state index contributed by atoms with van der Waals surface area (Å²) in [7, 11) is 1.87. The van der Waals surface area contributed by atoms with Gasteiger partial charge < -0.3 is 9.30 Å². The summed E-state index contributed by atoms with van der Waals surface area (Å²) in [6.07, 6.45) is 1.50. The third kappa shape index (κ3) is 2.58. The smallest absolute Gasteiger partial charge is 0.361 e. The highest BCUT2D eigenvalue weighted by molar-refractivity contribution is 5.88. The number of esters is 1. The molecule has 20 heavy (non-hydrogen) atoms. The van der Waals surface area contributed by atoms with E-state index in [4.69, 9.17) is 4.74 Å². The Morgan fingerprint density at radius 2 is 2.10 bits per heavy atom. The summed E-state index contributed by atoms with van der Waals surface area (Å²) in [5.74, 6) is 1.03. The largest absolute Gasteiger partial charge is 0.457 e. The normalized spacial score (nSPS) is 10.6. The van der Waals surface area contributed by atoms with Gasteiger partial charge in [-0.2, -0.15) is 0 Å². The van der Waals surface area contributed by atoms with Crippen molar-refractivity contribution in [3.05, 3.63) is 35.7 Å². The van der Waals surface area contributed by atoms with Gasteiger partial charge in [0.25, 0.3) is 0 Å². The lowest BCUT2D eigenvalue weighted by atomic mass is 10.3. The van der Waals surface area contributed by atoms with Gasteiger partial charge >= 0.3 is 5.97 Å². The molecule has 0 bridgehead atoms. The summed E-state index contributed by atoms with van der Waals surface area (Å²) < 4.78 is 8.39. The van der Waals surface area contributed by atoms with Gasteiger partial charge in [-0.3, -0.25) is 0 Å². The molecule has 0 saturated heterocycles. The standard InChI is InChI=1S/C12H16N6O2/c1-5-6-20-12(19)11-8(2)18(16-15-11)7-10-14-13-9(3)17(10)4/h5H,1,6-7H2,2-4H3. The van der Waals surface area contributed by atoms with Crippen molar-refractivity contribution in [2.24, 2.45) is 7.05 Å². The van der Waals surface area contributed by atoms with E-state index in [1.807, 2.05) is 18.5 Å². The van der Waals surface area contributed by atoms with Crippen molar-refractivity contribution in [3.63, 3.8) is 0 Å². The zero-order valence-electron chi connectivity index (χ0n) is 11.7. The number of hydrogen-bond donors (Lipinski definition) is 0. The van der Waals surface area contributed by atoms with E-state index in [1.54, 1.807) is 11.6 Å². The van der Waals surface area contributed by atoms with Gasteiger partial charge in [0.1, 0.15) is 19.0 Å². The molecule has 0 fully saturated rings. The maximum atomic E-state index is 11.7. The number of carbonyl (C=O) groups excluding carboxylic acids is 1. The van der Waals surface area contributed by atoms with Gasteiger partial charge in [-0.05, 0) is 13.8 Å². The Balaban J connectivity index is 2.18. The average molecular weight is 276 g/mol. The Morgan fingerprint density at radius 3 is 2.70 bits per heavy atom. The minimum absolute atomic E-state index is 0.146. The maximum absolute atomic E-state index is 11.7. The van der Waals surface area contributed by atoms with E-state index >= 15 is 0 Å². The van der Waals surface area contributed by atoms with Gasteiger partial charge in [0.2, 0.25) is 0 Å². The summed E-state index contributed by atoms with van der Waals surface area (Å²) in [5, 5.41) is 15.8. The van der Waals surface area contributed by atoms with Crippen molar-refractivity contribution in [2.75, 3.05) is 6.61 Å². The van der Waals surface area contributed by atoms with E-state index in [2.05, 4.69) is 27.1 Å².